The number of H-pyrrole nitrogens is 1. The van der Waals surface area contributed by atoms with E-state index in [0.29, 0.717) is 33.5 Å². The van der Waals surface area contributed by atoms with Crippen LogP contribution in [0.2, 0.25) is 0 Å². The normalized spacial score (nSPS) is 18.4. The molecule has 10 heteroatoms. The van der Waals surface area contributed by atoms with Crippen molar-refractivity contribution in [3.63, 3.8) is 0 Å². The van der Waals surface area contributed by atoms with Crippen molar-refractivity contribution in [3.05, 3.63) is 66.2 Å². The third kappa shape index (κ3) is 3.54. The molecule has 0 saturated carbocycles. The first-order valence-electron chi connectivity index (χ1n) is 10.4. The van der Waals surface area contributed by atoms with Crippen LogP contribution in [0.1, 0.15) is 12.0 Å². The summed E-state index contributed by atoms with van der Waals surface area (Å²) in [5.41, 5.74) is 6.31. The van der Waals surface area contributed by atoms with Gasteiger partial charge in [0.05, 0.1) is 28.4 Å². The van der Waals surface area contributed by atoms with E-state index in [1.807, 2.05) is 0 Å². The molecule has 2 aromatic carbocycles. The van der Waals surface area contributed by atoms with Crippen molar-refractivity contribution in [3.8, 4) is 28.6 Å². The number of aromatic nitrogens is 3. The number of benzene rings is 2. The Morgan fingerprint density at radius 2 is 1.88 bits per heavy atom. The molecule has 2 aromatic heterocycles. The number of pyridine rings is 1. The Hall–Kier alpha value is -3.97. The molecule has 0 aliphatic carbocycles. The van der Waals surface area contributed by atoms with E-state index in [1.54, 1.807) is 35.2 Å². The van der Waals surface area contributed by atoms with E-state index in [0.717, 1.165) is 0 Å². The number of imidazole rings is 1. The van der Waals surface area contributed by atoms with E-state index >= 15 is 0 Å². The average molecular weight is 466 g/mol. The van der Waals surface area contributed by atoms with Crippen molar-refractivity contribution >= 4 is 16.7 Å². The highest BCUT2D eigenvalue weighted by atomic mass is 19.4. The Morgan fingerprint density at radius 3 is 2.59 bits per heavy atom. The lowest BCUT2D eigenvalue weighted by molar-refractivity contribution is -0.179. The number of rotatable bonds is 3. The molecule has 1 atom stereocenters. The van der Waals surface area contributed by atoms with Gasteiger partial charge in [0, 0.05) is 31.0 Å². The number of alkyl halides is 3. The Balaban J connectivity index is 1.72. The molecular formula is C24H18F4N6. The molecule has 4 aromatic rings. The predicted octanol–water partition coefficient (Wildman–Crippen LogP) is 4.77. The van der Waals surface area contributed by atoms with E-state index in [9.17, 15) is 22.8 Å². The minimum absolute atomic E-state index is 0.0482. The topological polar surface area (TPSA) is 94.6 Å². The predicted molar refractivity (Wildman–Crippen MR) is 119 cm³/mol. The van der Waals surface area contributed by atoms with Gasteiger partial charge >= 0.3 is 6.18 Å². The van der Waals surface area contributed by atoms with Gasteiger partial charge in [0.15, 0.2) is 5.82 Å². The summed E-state index contributed by atoms with van der Waals surface area (Å²) >= 11 is 0. The zero-order chi connectivity index (χ0) is 24.1. The third-order valence-corrected chi connectivity index (χ3v) is 6.12. The molecule has 172 valence electrons. The van der Waals surface area contributed by atoms with Gasteiger partial charge < -0.3 is 15.6 Å². The first kappa shape index (κ1) is 21.9. The Kier molecular flexibility index (Phi) is 5.02. The number of nitrogens with one attached hydrogen (secondary N) is 1. The van der Waals surface area contributed by atoms with E-state index in [1.165, 1.54) is 24.5 Å². The van der Waals surface area contributed by atoms with Crippen molar-refractivity contribution in [1.29, 1.82) is 5.26 Å². The molecule has 0 radical (unpaired) electrons. The molecule has 34 heavy (non-hydrogen) atoms. The van der Waals surface area contributed by atoms with E-state index in [2.05, 4.69) is 21.0 Å². The summed E-state index contributed by atoms with van der Waals surface area (Å²) in [6.07, 6.45) is -1.86. The van der Waals surface area contributed by atoms with Gasteiger partial charge in [-0.2, -0.15) is 18.4 Å². The number of aromatic amines is 1. The molecule has 1 saturated heterocycles. The fourth-order valence-electron chi connectivity index (χ4n) is 4.32. The number of hydrogen-bond donors (Lipinski definition) is 2. The number of halogens is 4. The van der Waals surface area contributed by atoms with Gasteiger partial charge in [-0.25, -0.2) is 9.37 Å². The number of para-hydroxylation sites is 1. The van der Waals surface area contributed by atoms with Crippen LogP contribution in [-0.4, -0.2) is 39.8 Å². The van der Waals surface area contributed by atoms with Crippen molar-refractivity contribution < 1.29 is 17.6 Å². The summed E-state index contributed by atoms with van der Waals surface area (Å²) in [5.74, 6) is -0.256. The van der Waals surface area contributed by atoms with Gasteiger partial charge in [0.25, 0.3) is 0 Å². The standard InChI is InChI=1S/C24H18F4N6/c25-18-5-2-6-19-20(18)33-22(32-19)17-12-31-11-16(15-4-1-3-14(9-15)10-29)21(17)34-8-7-23(30,13-34)24(26,27)28/h1-6,9,11-12H,7-8,13,30H2,(H,32,33). The SMILES string of the molecule is N#Cc1cccc(-c2cncc(-c3nc4c(F)cccc4[nH]3)c2N2CCC(N)(C(F)(F)F)C2)c1. The van der Waals surface area contributed by atoms with E-state index in [-0.39, 0.29) is 24.3 Å². The highest BCUT2D eigenvalue weighted by Crippen LogP contribution is 2.44. The third-order valence-electron chi connectivity index (χ3n) is 6.12. The molecular weight excluding hydrogens is 448 g/mol. The fraction of sp³-hybridized carbons (Fsp3) is 0.208. The monoisotopic (exact) mass is 466 g/mol. The maximum Gasteiger partial charge on any atom is 0.408 e. The van der Waals surface area contributed by atoms with Crippen LogP contribution in [0.3, 0.4) is 0 Å². The highest BCUT2D eigenvalue weighted by Gasteiger charge is 2.55. The number of nitriles is 1. The molecule has 6 nitrogen and oxygen atoms in total. The number of anilines is 1. The summed E-state index contributed by atoms with van der Waals surface area (Å²) in [4.78, 5) is 13.3. The Labute approximate surface area is 191 Å². The molecule has 1 fully saturated rings. The van der Waals surface area contributed by atoms with Gasteiger partial charge in [-0.3, -0.25) is 4.98 Å². The van der Waals surface area contributed by atoms with Crippen LogP contribution in [0.5, 0.6) is 0 Å². The summed E-state index contributed by atoms with van der Waals surface area (Å²) in [7, 11) is 0. The maximum atomic E-state index is 14.3. The van der Waals surface area contributed by atoms with Crippen LogP contribution in [-0.2, 0) is 0 Å². The maximum absolute atomic E-state index is 14.3. The van der Waals surface area contributed by atoms with Crippen LogP contribution in [0, 0.1) is 17.1 Å². The van der Waals surface area contributed by atoms with Crippen LogP contribution < -0.4 is 10.6 Å². The van der Waals surface area contributed by atoms with Crippen molar-refractivity contribution in [2.45, 2.75) is 18.1 Å². The van der Waals surface area contributed by atoms with Crippen LogP contribution in [0.15, 0.2) is 54.9 Å². The molecule has 0 spiro atoms. The first-order chi connectivity index (χ1) is 16.2. The van der Waals surface area contributed by atoms with Gasteiger partial charge in [0.1, 0.15) is 16.9 Å². The second-order valence-corrected chi connectivity index (χ2v) is 8.32. The number of nitrogens with zero attached hydrogens (tertiary/aromatic N) is 4. The zero-order valence-electron chi connectivity index (χ0n) is 17.7. The minimum Gasteiger partial charge on any atom is -0.368 e. The quantitative estimate of drug-likeness (QED) is 0.424. The second kappa shape index (κ2) is 7.81. The number of fused-ring (bicyclic) bond motifs is 1. The fourth-order valence-corrected chi connectivity index (χ4v) is 4.32. The lowest BCUT2D eigenvalue weighted by Gasteiger charge is -2.29. The van der Waals surface area contributed by atoms with Crippen molar-refractivity contribution in [2.24, 2.45) is 5.73 Å². The number of nitrogens with two attached hydrogens (primary N) is 1. The van der Waals surface area contributed by atoms with E-state index in [4.69, 9.17) is 5.73 Å². The highest BCUT2D eigenvalue weighted by molar-refractivity contribution is 5.91. The molecule has 5 rings (SSSR count). The van der Waals surface area contributed by atoms with Crippen LogP contribution >= 0.6 is 0 Å². The summed E-state index contributed by atoms with van der Waals surface area (Å²) in [6, 6.07) is 13.2. The molecule has 1 aliphatic rings. The average Bonchev–Trinajstić information content (AvgIpc) is 3.44. The number of hydrogen-bond acceptors (Lipinski definition) is 5. The molecule has 0 amide bonds. The molecule has 3 heterocycles. The van der Waals surface area contributed by atoms with Gasteiger partial charge in [-0.15, -0.1) is 0 Å². The molecule has 3 N–H and O–H groups in total. The van der Waals surface area contributed by atoms with Crippen LogP contribution in [0.25, 0.3) is 33.5 Å². The second-order valence-electron chi connectivity index (χ2n) is 8.32. The van der Waals surface area contributed by atoms with Crippen molar-refractivity contribution in [1.82, 2.24) is 15.0 Å². The minimum atomic E-state index is -4.58. The molecule has 1 aliphatic heterocycles. The smallest absolute Gasteiger partial charge is 0.368 e. The van der Waals surface area contributed by atoms with Gasteiger partial charge in [-0.05, 0) is 36.2 Å². The zero-order valence-corrected chi connectivity index (χ0v) is 17.7. The van der Waals surface area contributed by atoms with Gasteiger partial charge in [0.2, 0.25) is 0 Å². The van der Waals surface area contributed by atoms with E-state index < -0.39 is 24.1 Å². The first-order valence-corrected chi connectivity index (χ1v) is 10.4. The van der Waals surface area contributed by atoms with Gasteiger partial charge in [-0.1, -0.05) is 18.2 Å². The largest absolute Gasteiger partial charge is 0.408 e. The van der Waals surface area contributed by atoms with Crippen LogP contribution in [0.4, 0.5) is 23.2 Å². The molecule has 0 bridgehead atoms. The Morgan fingerprint density at radius 1 is 1.12 bits per heavy atom. The van der Waals surface area contributed by atoms with Crippen molar-refractivity contribution in [2.75, 3.05) is 18.0 Å². The Bertz CT molecular complexity index is 1440. The summed E-state index contributed by atoms with van der Waals surface area (Å²) < 4.78 is 55.4. The summed E-state index contributed by atoms with van der Waals surface area (Å²) in [5, 5.41) is 9.32. The summed E-state index contributed by atoms with van der Waals surface area (Å²) in [6.45, 7) is -0.417. The lowest BCUT2D eigenvalue weighted by atomic mass is 9.98. The lowest BCUT2D eigenvalue weighted by Crippen LogP contribution is -2.55. The molecule has 1 unspecified atom stereocenters.